The Bertz CT molecular complexity index is 1520. The van der Waals surface area contributed by atoms with Crippen LogP contribution in [0.3, 0.4) is 0 Å². The molecule has 9 nitrogen and oxygen atoms in total. The van der Waals surface area contributed by atoms with Crippen LogP contribution in [0.1, 0.15) is 22.7 Å². The van der Waals surface area contributed by atoms with Crippen LogP contribution in [0, 0.1) is 0 Å². The van der Waals surface area contributed by atoms with Crippen molar-refractivity contribution in [2.45, 2.75) is 30.7 Å². The van der Waals surface area contributed by atoms with Gasteiger partial charge in [0.15, 0.2) is 5.82 Å². The van der Waals surface area contributed by atoms with Crippen LogP contribution in [0.25, 0.3) is 11.5 Å². The number of nitrogens with zero attached hydrogens (tertiary/aromatic N) is 4. The predicted octanol–water partition coefficient (Wildman–Crippen LogP) is 4.38. The van der Waals surface area contributed by atoms with E-state index in [9.17, 15) is 9.00 Å². The first-order valence-electron chi connectivity index (χ1n) is 11.8. The highest BCUT2D eigenvalue weighted by molar-refractivity contribution is 7.85. The summed E-state index contributed by atoms with van der Waals surface area (Å²) in [6, 6.07) is 14.5. The molecule has 0 radical (unpaired) electrons. The molecule has 0 saturated carbocycles. The Labute approximate surface area is 220 Å². The standard InChI is InChI=1S/C26H22ClN5O4S/c27-17-5-3-16(4-6-17)25-29-20-14-32(11-9-21(20)36-25)26-30-19-10-12-37(35)23(19)24(31-26)28-18-7-1-15(2-8-18)13-22(33)34/h1-8H,9-14H2,(H,33,34)(H,28,30,31). The monoisotopic (exact) mass is 535 g/mol. The lowest BCUT2D eigenvalue weighted by Gasteiger charge is -2.26. The minimum atomic E-state index is -1.18. The van der Waals surface area contributed by atoms with Gasteiger partial charge in [-0.3, -0.25) is 9.00 Å². The number of carbonyl (C=O) groups is 1. The molecule has 4 heterocycles. The summed E-state index contributed by atoms with van der Waals surface area (Å²) in [7, 11) is -1.18. The number of carboxylic acids is 1. The third-order valence-electron chi connectivity index (χ3n) is 6.35. The fourth-order valence-electron chi connectivity index (χ4n) is 4.51. The lowest BCUT2D eigenvalue weighted by Crippen LogP contribution is -2.32. The normalized spacial score (nSPS) is 16.4. The van der Waals surface area contributed by atoms with E-state index >= 15 is 0 Å². The zero-order valence-electron chi connectivity index (χ0n) is 19.6. The molecule has 0 amide bonds. The molecule has 4 aromatic rings. The molecule has 1 atom stereocenters. The lowest BCUT2D eigenvalue weighted by atomic mass is 10.1. The van der Waals surface area contributed by atoms with Gasteiger partial charge in [-0.25, -0.2) is 9.97 Å². The molecule has 1 unspecified atom stereocenters. The van der Waals surface area contributed by atoms with Gasteiger partial charge in [0.05, 0.1) is 29.5 Å². The summed E-state index contributed by atoms with van der Waals surface area (Å²) in [4.78, 5) is 27.9. The van der Waals surface area contributed by atoms with Crippen molar-refractivity contribution in [1.29, 1.82) is 0 Å². The van der Waals surface area contributed by atoms with E-state index in [1.54, 1.807) is 24.3 Å². The van der Waals surface area contributed by atoms with E-state index < -0.39 is 16.8 Å². The number of hydrogen-bond donors (Lipinski definition) is 2. The fraction of sp³-hybridized carbons (Fsp3) is 0.231. The zero-order valence-corrected chi connectivity index (χ0v) is 21.2. The zero-order chi connectivity index (χ0) is 25.5. The second-order valence-electron chi connectivity index (χ2n) is 8.91. The SMILES string of the molecule is O=C(O)Cc1ccc(Nc2nc(N3CCc4oc(-c5ccc(Cl)cc5)nc4C3)nc3c2S(=O)CC3)cc1. The van der Waals surface area contributed by atoms with Gasteiger partial charge >= 0.3 is 5.97 Å². The van der Waals surface area contributed by atoms with Crippen LogP contribution in [-0.4, -0.2) is 42.5 Å². The summed E-state index contributed by atoms with van der Waals surface area (Å²) in [6.45, 7) is 1.16. The molecule has 188 valence electrons. The van der Waals surface area contributed by atoms with Crippen LogP contribution >= 0.6 is 11.6 Å². The number of aliphatic carboxylic acids is 1. The van der Waals surface area contributed by atoms with Crippen molar-refractivity contribution < 1.29 is 18.5 Å². The Hall–Kier alpha value is -3.76. The first kappa shape index (κ1) is 23.6. The van der Waals surface area contributed by atoms with Gasteiger partial charge in [0.25, 0.3) is 0 Å². The van der Waals surface area contributed by atoms with Crippen molar-refractivity contribution in [3.63, 3.8) is 0 Å². The molecule has 2 aliphatic heterocycles. The summed E-state index contributed by atoms with van der Waals surface area (Å²) in [6.07, 6.45) is 1.24. The molecule has 0 aliphatic carbocycles. The van der Waals surface area contributed by atoms with Gasteiger partial charge in [0.1, 0.15) is 16.3 Å². The minimum absolute atomic E-state index is 0.0456. The van der Waals surface area contributed by atoms with E-state index in [4.69, 9.17) is 36.1 Å². The number of nitrogens with one attached hydrogen (secondary N) is 1. The Morgan fingerprint density at radius 3 is 2.59 bits per heavy atom. The highest BCUT2D eigenvalue weighted by atomic mass is 35.5. The molecule has 37 heavy (non-hydrogen) atoms. The molecule has 2 aromatic carbocycles. The number of aromatic nitrogens is 3. The van der Waals surface area contributed by atoms with Crippen LogP contribution in [0.5, 0.6) is 0 Å². The van der Waals surface area contributed by atoms with Crippen molar-refractivity contribution in [2.24, 2.45) is 0 Å². The van der Waals surface area contributed by atoms with Crippen molar-refractivity contribution in [3.05, 3.63) is 76.3 Å². The number of carboxylic acid groups (broad SMARTS) is 1. The molecule has 0 bridgehead atoms. The molecule has 0 fully saturated rings. The summed E-state index contributed by atoms with van der Waals surface area (Å²) in [5.74, 6) is 2.09. The average Bonchev–Trinajstić information content (AvgIpc) is 3.48. The quantitative estimate of drug-likeness (QED) is 0.370. The average molecular weight is 536 g/mol. The van der Waals surface area contributed by atoms with Gasteiger partial charge in [-0.1, -0.05) is 23.7 Å². The number of rotatable bonds is 6. The van der Waals surface area contributed by atoms with Gasteiger partial charge in [0.2, 0.25) is 11.8 Å². The topological polar surface area (TPSA) is 121 Å². The number of hydrogen-bond acceptors (Lipinski definition) is 8. The van der Waals surface area contributed by atoms with Crippen LogP contribution in [0.2, 0.25) is 5.02 Å². The maximum atomic E-state index is 12.7. The van der Waals surface area contributed by atoms with Crippen LogP contribution in [0.4, 0.5) is 17.5 Å². The van der Waals surface area contributed by atoms with Gasteiger partial charge in [-0.05, 0) is 42.0 Å². The van der Waals surface area contributed by atoms with E-state index in [-0.39, 0.29) is 6.42 Å². The first-order valence-corrected chi connectivity index (χ1v) is 13.5. The van der Waals surface area contributed by atoms with Crippen LogP contribution in [-0.2, 0) is 41.4 Å². The molecule has 0 spiro atoms. The van der Waals surface area contributed by atoms with Gasteiger partial charge < -0.3 is 19.7 Å². The molecular weight excluding hydrogens is 514 g/mol. The predicted molar refractivity (Wildman–Crippen MR) is 140 cm³/mol. The molecule has 2 N–H and O–H groups in total. The number of benzene rings is 2. The second kappa shape index (κ2) is 9.60. The maximum absolute atomic E-state index is 12.7. The second-order valence-corrected chi connectivity index (χ2v) is 10.9. The number of oxazole rings is 1. The fourth-order valence-corrected chi connectivity index (χ4v) is 5.94. The number of fused-ring (bicyclic) bond motifs is 2. The Balaban J connectivity index is 1.27. The highest BCUT2D eigenvalue weighted by Crippen LogP contribution is 2.34. The third kappa shape index (κ3) is 4.82. The summed E-state index contributed by atoms with van der Waals surface area (Å²) in [5, 5.41) is 12.9. The van der Waals surface area contributed by atoms with Gasteiger partial charge in [-0.15, -0.1) is 0 Å². The Morgan fingerprint density at radius 1 is 1.05 bits per heavy atom. The molecule has 2 aromatic heterocycles. The van der Waals surface area contributed by atoms with Crippen molar-refractivity contribution in [1.82, 2.24) is 15.0 Å². The van der Waals surface area contributed by atoms with E-state index in [1.165, 1.54) is 0 Å². The van der Waals surface area contributed by atoms with Crippen molar-refractivity contribution in [3.8, 4) is 11.5 Å². The molecule has 0 saturated heterocycles. The summed E-state index contributed by atoms with van der Waals surface area (Å²) in [5.41, 5.74) is 3.91. The molecule has 2 aliphatic rings. The molecule has 6 rings (SSSR count). The van der Waals surface area contributed by atoms with E-state index in [1.807, 2.05) is 24.3 Å². The Morgan fingerprint density at radius 2 is 1.84 bits per heavy atom. The van der Waals surface area contributed by atoms with Gasteiger partial charge in [0, 0.05) is 41.4 Å². The molecular formula is C26H22ClN5O4S. The van der Waals surface area contributed by atoms with Gasteiger partial charge in [-0.2, -0.15) is 4.98 Å². The van der Waals surface area contributed by atoms with Crippen molar-refractivity contribution in [2.75, 3.05) is 22.5 Å². The smallest absolute Gasteiger partial charge is 0.307 e. The summed E-state index contributed by atoms with van der Waals surface area (Å²) >= 11 is 6.01. The third-order valence-corrected chi connectivity index (χ3v) is 8.06. The molecule has 11 heteroatoms. The van der Waals surface area contributed by atoms with E-state index in [0.29, 0.717) is 64.8 Å². The van der Waals surface area contributed by atoms with Crippen molar-refractivity contribution >= 4 is 45.8 Å². The first-order chi connectivity index (χ1) is 17.9. The van der Waals surface area contributed by atoms with Crippen LogP contribution < -0.4 is 10.2 Å². The van der Waals surface area contributed by atoms with E-state index in [2.05, 4.69) is 10.2 Å². The number of aryl methyl sites for hydroxylation is 1. The van der Waals surface area contributed by atoms with E-state index in [0.717, 1.165) is 28.4 Å². The highest BCUT2D eigenvalue weighted by Gasteiger charge is 2.30. The number of anilines is 3. The summed E-state index contributed by atoms with van der Waals surface area (Å²) < 4.78 is 18.8. The van der Waals surface area contributed by atoms with Crippen LogP contribution in [0.15, 0.2) is 57.8 Å². The maximum Gasteiger partial charge on any atom is 0.307 e. The minimum Gasteiger partial charge on any atom is -0.481 e. The number of halogens is 1. The Kier molecular flexibility index (Phi) is 6.13. The largest absolute Gasteiger partial charge is 0.481 e. The lowest BCUT2D eigenvalue weighted by molar-refractivity contribution is -0.136.